The van der Waals surface area contributed by atoms with Crippen molar-refractivity contribution in [1.29, 1.82) is 0 Å². The molecule has 0 saturated carbocycles. The van der Waals surface area contributed by atoms with Gasteiger partial charge >= 0.3 is 5.97 Å². The summed E-state index contributed by atoms with van der Waals surface area (Å²) in [5.41, 5.74) is 0.0980. The van der Waals surface area contributed by atoms with E-state index in [2.05, 4.69) is 36.8 Å². The molecular formula is C10H8Br2N2O3. The Kier molecular flexibility index (Phi) is 3.48. The zero-order valence-electron chi connectivity index (χ0n) is 8.56. The van der Waals surface area contributed by atoms with Crippen LogP contribution in [0.2, 0.25) is 0 Å². The molecule has 1 N–H and O–H groups in total. The van der Waals surface area contributed by atoms with E-state index in [1.165, 1.54) is 17.2 Å². The molecule has 0 aliphatic carbocycles. The lowest BCUT2D eigenvalue weighted by Gasteiger charge is -2.15. The topological polar surface area (TPSA) is 70.5 Å². The van der Waals surface area contributed by atoms with Gasteiger partial charge in [-0.05, 0) is 22.0 Å². The molecule has 1 aliphatic heterocycles. The molecule has 0 radical (unpaired) electrons. The van der Waals surface area contributed by atoms with Crippen molar-refractivity contribution in [2.24, 2.45) is 0 Å². The Bertz CT molecular complexity index is 492. The molecule has 90 valence electrons. The fourth-order valence-electron chi connectivity index (χ4n) is 1.62. The first-order valence-corrected chi connectivity index (χ1v) is 6.53. The number of rotatable bonds is 2. The molecule has 0 spiro atoms. The first-order chi connectivity index (χ1) is 7.99. The second-order valence-electron chi connectivity index (χ2n) is 3.63. The van der Waals surface area contributed by atoms with Crippen molar-refractivity contribution < 1.29 is 14.7 Å². The summed E-state index contributed by atoms with van der Waals surface area (Å²) in [6.07, 6.45) is 1.80. The van der Waals surface area contributed by atoms with Crippen LogP contribution in [0.25, 0.3) is 0 Å². The number of hydrogen-bond acceptors (Lipinski definition) is 3. The Hall–Kier alpha value is -0.950. The number of hydrogen-bond donors (Lipinski definition) is 1. The predicted octanol–water partition coefficient (Wildman–Crippen LogP) is 2.04. The van der Waals surface area contributed by atoms with Crippen molar-refractivity contribution in [3.8, 4) is 0 Å². The Labute approximate surface area is 114 Å². The lowest BCUT2D eigenvalue weighted by molar-refractivity contribution is -0.117. The largest absolute Gasteiger partial charge is 0.478 e. The van der Waals surface area contributed by atoms with Crippen LogP contribution in [0.15, 0.2) is 16.7 Å². The number of pyridine rings is 1. The van der Waals surface area contributed by atoms with Gasteiger partial charge in [0.2, 0.25) is 5.91 Å². The van der Waals surface area contributed by atoms with E-state index in [4.69, 9.17) is 5.11 Å². The van der Waals surface area contributed by atoms with Crippen LogP contribution in [0.1, 0.15) is 16.8 Å². The number of nitrogens with zero attached hydrogens (tertiary/aromatic N) is 2. The molecule has 7 heteroatoms. The molecule has 0 bridgehead atoms. The van der Waals surface area contributed by atoms with Gasteiger partial charge < -0.3 is 5.11 Å². The standard InChI is InChI=1S/C10H8Br2N2O3/c11-5-1-9(15)14(4-5)8-2-6(10(16)17)7(12)3-13-8/h2-3,5H,1,4H2,(H,16,17). The molecule has 1 aromatic heterocycles. The number of carboxylic acids is 1. The average molecular weight is 364 g/mol. The molecule has 1 amide bonds. The third kappa shape index (κ3) is 2.50. The van der Waals surface area contributed by atoms with Crippen molar-refractivity contribution in [3.63, 3.8) is 0 Å². The normalized spacial score (nSPS) is 19.8. The summed E-state index contributed by atoms with van der Waals surface area (Å²) in [7, 11) is 0. The Morgan fingerprint density at radius 3 is 2.82 bits per heavy atom. The van der Waals surface area contributed by atoms with E-state index in [-0.39, 0.29) is 16.3 Å². The van der Waals surface area contributed by atoms with Crippen LogP contribution in [0, 0.1) is 0 Å². The number of aromatic nitrogens is 1. The van der Waals surface area contributed by atoms with Gasteiger partial charge in [0.05, 0.1) is 10.0 Å². The maximum atomic E-state index is 11.6. The van der Waals surface area contributed by atoms with E-state index in [1.54, 1.807) is 0 Å². The van der Waals surface area contributed by atoms with Gasteiger partial charge in [-0.3, -0.25) is 9.69 Å². The molecule has 2 heterocycles. The number of alkyl halides is 1. The number of carbonyl (C=O) groups is 2. The van der Waals surface area contributed by atoms with E-state index in [0.717, 1.165) is 0 Å². The maximum absolute atomic E-state index is 11.6. The van der Waals surface area contributed by atoms with Gasteiger partial charge in [-0.25, -0.2) is 9.78 Å². The molecule has 1 saturated heterocycles. The van der Waals surface area contributed by atoms with Crippen LogP contribution in [-0.4, -0.2) is 33.3 Å². The quantitative estimate of drug-likeness (QED) is 0.816. The highest BCUT2D eigenvalue weighted by atomic mass is 79.9. The highest BCUT2D eigenvalue weighted by molar-refractivity contribution is 9.10. The van der Waals surface area contributed by atoms with Gasteiger partial charge in [0.25, 0.3) is 0 Å². The first-order valence-electron chi connectivity index (χ1n) is 4.82. The predicted molar refractivity (Wildman–Crippen MR) is 68.6 cm³/mol. The summed E-state index contributed by atoms with van der Waals surface area (Å²) in [4.78, 5) is 28.3. The van der Waals surface area contributed by atoms with Crippen molar-refractivity contribution >= 4 is 49.6 Å². The molecule has 17 heavy (non-hydrogen) atoms. The summed E-state index contributed by atoms with van der Waals surface area (Å²) in [6.45, 7) is 0.506. The third-order valence-electron chi connectivity index (χ3n) is 2.43. The first kappa shape index (κ1) is 12.5. The summed E-state index contributed by atoms with van der Waals surface area (Å²) in [6, 6.07) is 1.40. The molecule has 5 nitrogen and oxygen atoms in total. The van der Waals surface area contributed by atoms with Gasteiger partial charge in [0.15, 0.2) is 0 Å². The molecule has 1 aromatic rings. The van der Waals surface area contributed by atoms with Crippen LogP contribution in [0.4, 0.5) is 5.82 Å². The van der Waals surface area contributed by atoms with Crippen LogP contribution in [-0.2, 0) is 4.79 Å². The van der Waals surface area contributed by atoms with Crippen LogP contribution in [0.5, 0.6) is 0 Å². The van der Waals surface area contributed by atoms with Gasteiger partial charge in [-0.2, -0.15) is 0 Å². The van der Waals surface area contributed by atoms with Gasteiger partial charge in [0, 0.05) is 24.0 Å². The molecule has 1 aliphatic rings. The Morgan fingerprint density at radius 2 is 2.29 bits per heavy atom. The fourth-order valence-corrected chi connectivity index (χ4v) is 2.58. The zero-order chi connectivity index (χ0) is 12.6. The second-order valence-corrected chi connectivity index (χ2v) is 5.78. The van der Waals surface area contributed by atoms with Gasteiger partial charge in [-0.15, -0.1) is 0 Å². The minimum Gasteiger partial charge on any atom is -0.478 e. The van der Waals surface area contributed by atoms with Crippen molar-refractivity contribution in [2.75, 3.05) is 11.4 Å². The SMILES string of the molecule is O=C(O)c1cc(N2CC(Br)CC2=O)ncc1Br. The van der Waals surface area contributed by atoms with Crippen LogP contribution in [0.3, 0.4) is 0 Å². The van der Waals surface area contributed by atoms with Crippen molar-refractivity contribution in [3.05, 3.63) is 22.3 Å². The van der Waals surface area contributed by atoms with Crippen LogP contribution < -0.4 is 4.90 Å². The Morgan fingerprint density at radius 1 is 1.59 bits per heavy atom. The van der Waals surface area contributed by atoms with E-state index < -0.39 is 5.97 Å². The summed E-state index contributed by atoms with van der Waals surface area (Å²) in [5, 5.41) is 8.98. The summed E-state index contributed by atoms with van der Waals surface area (Å²) >= 11 is 6.47. The number of anilines is 1. The van der Waals surface area contributed by atoms with E-state index in [9.17, 15) is 9.59 Å². The zero-order valence-corrected chi connectivity index (χ0v) is 11.7. The highest BCUT2D eigenvalue weighted by Gasteiger charge is 2.30. The summed E-state index contributed by atoms with van der Waals surface area (Å²) < 4.78 is 0.399. The maximum Gasteiger partial charge on any atom is 0.337 e. The van der Waals surface area contributed by atoms with Crippen molar-refractivity contribution in [1.82, 2.24) is 4.98 Å². The number of halogens is 2. The average Bonchev–Trinajstić information content (AvgIpc) is 2.58. The van der Waals surface area contributed by atoms with Gasteiger partial charge in [0.1, 0.15) is 5.82 Å². The van der Waals surface area contributed by atoms with E-state index >= 15 is 0 Å². The van der Waals surface area contributed by atoms with E-state index in [1.807, 2.05) is 0 Å². The number of carboxylic acid groups (broad SMARTS) is 1. The lowest BCUT2D eigenvalue weighted by atomic mass is 10.2. The number of aromatic carboxylic acids is 1. The number of amides is 1. The van der Waals surface area contributed by atoms with Crippen molar-refractivity contribution in [2.45, 2.75) is 11.2 Å². The molecule has 2 rings (SSSR count). The second kappa shape index (κ2) is 4.73. The van der Waals surface area contributed by atoms with E-state index in [0.29, 0.717) is 23.3 Å². The molecule has 1 fully saturated rings. The smallest absolute Gasteiger partial charge is 0.337 e. The molecule has 1 atom stereocenters. The Balaban J connectivity index is 2.37. The minimum atomic E-state index is -1.05. The highest BCUT2D eigenvalue weighted by Crippen LogP contribution is 2.26. The number of carbonyl (C=O) groups excluding carboxylic acids is 1. The van der Waals surface area contributed by atoms with Crippen LogP contribution >= 0.6 is 31.9 Å². The fraction of sp³-hybridized carbons (Fsp3) is 0.300. The monoisotopic (exact) mass is 362 g/mol. The molecular weight excluding hydrogens is 356 g/mol. The minimum absolute atomic E-state index is 0.0574. The lowest BCUT2D eigenvalue weighted by Crippen LogP contribution is -2.25. The summed E-state index contributed by atoms with van der Waals surface area (Å²) in [5.74, 6) is -0.738. The third-order valence-corrected chi connectivity index (χ3v) is 3.67. The molecule has 0 aromatic carbocycles. The van der Waals surface area contributed by atoms with Gasteiger partial charge in [-0.1, -0.05) is 15.9 Å². The molecule has 1 unspecified atom stereocenters.